The van der Waals surface area contributed by atoms with Crippen molar-refractivity contribution in [3.05, 3.63) is 38.9 Å². The van der Waals surface area contributed by atoms with Crippen LogP contribution < -0.4 is 5.32 Å². The molecule has 18 heavy (non-hydrogen) atoms. The molecule has 2 rings (SSSR count). The Morgan fingerprint density at radius 3 is 2.67 bits per heavy atom. The molecule has 1 aromatic rings. The van der Waals surface area contributed by atoms with Gasteiger partial charge in [-0.05, 0) is 24.0 Å². The Balaban J connectivity index is 2.24. The summed E-state index contributed by atoms with van der Waals surface area (Å²) in [6.45, 7) is 4.06. The second-order valence-corrected chi connectivity index (χ2v) is 5.57. The summed E-state index contributed by atoms with van der Waals surface area (Å²) in [6.07, 6.45) is 0.882. The molecule has 1 N–H and O–H groups in total. The quantitative estimate of drug-likeness (QED) is 0.677. The highest BCUT2D eigenvalue weighted by atomic mass is 35.5. The third-order valence-electron chi connectivity index (χ3n) is 3.22. The summed E-state index contributed by atoms with van der Waals surface area (Å²) in [5, 5.41) is 13.9. The van der Waals surface area contributed by atoms with Crippen molar-refractivity contribution in [2.24, 2.45) is 5.41 Å². The molecule has 1 unspecified atom stereocenters. The lowest BCUT2D eigenvalue weighted by Crippen LogP contribution is -2.28. The molecule has 1 fully saturated rings. The van der Waals surface area contributed by atoms with E-state index in [1.807, 2.05) is 13.8 Å². The molecule has 0 radical (unpaired) electrons. The standard InChI is InChI=1S/C12H13ClN2O3/c1-12(2)6-10(12)14-11(16)8-5-7(13)3-4-9(8)15(17)18/h3-5,10H,6H2,1-2H3,(H,14,16). The molecule has 1 amide bonds. The van der Waals surface area contributed by atoms with E-state index in [1.54, 1.807) is 0 Å². The molecule has 0 aromatic heterocycles. The third-order valence-corrected chi connectivity index (χ3v) is 3.45. The topological polar surface area (TPSA) is 72.2 Å². The van der Waals surface area contributed by atoms with Crippen LogP contribution in [-0.2, 0) is 0 Å². The van der Waals surface area contributed by atoms with E-state index < -0.39 is 10.8 Å². The van der Waals surface area contributed by atoms with Crippen molar-refractivity contribution in [1.82, 2.24) is 5.32 Å². The number of halogens is 1. The highest BCUT2D eigenvalue weighted by molar-refractivity contribution is 6.31. The number of amides is 1. The van der Waals surface area contributed by atoms with Gasteiger partial charge in [-0.15, -0.1) is 0 Å². The molecule has 96 valence electrons. The molecule has 5 nitrogen and oxygen atoms in total. The maximum atomic E-state index is 12.0. The minimum Gasteiger partial charge on any atom is -0.349 e. The second kappa shape index (κ2) is 4.24. The molecule has 6 heteroatoms. The second-order valence-electron chi connectivity index (χ2n) is 5.14. The smallest absolute Gasteiger partial charge is 0.282 e. The number of nitrogens with one attached hydrogen (secondary N) is 1. The number of nitrogens with zero attached hydrogens (tertiary/aromatic N) is 1. The highest BCUT2D eigenvalue weighted by Gasteiger charge is 2.47. The Labute approximate surface area is 109 Å². The van der Waals surface area contributed by atoms with Gasteiger partial charge in [-0.25, -0.2) is 0 Å². The molecule has 1 aliphatic carbocycles. The molecular formula is C12H13ClN2O3. The highest BCUT2D eigenvalue weighted by Crippen LogP contribution is 2.44. The normalized spacial score (nSPS) is 20.3. The van der Waals surface area contributed by atoms with Gasteiger partial charge in [0.1, 0.15) is 5.56 Å². The lowest BCUT2D eigenvalue weighted by Gasteiger charge is -2.07. The van der Waals surface area contributed by atoms with E-state index in [-0.39, 0.29) is 22.7 Å². The zero-order valence-electron chi connectivity index (χ0n) is 10.1. The number of hydrogen-bond donors (Lipinski definition) is 1. The molecule has 1 saturated carbocycles. The van der Waals surface area contributed by atoms with Crippen LogP contribution in [0.15, 0.2) is 18.2 Å². The Morgan fingerprint density at radius 1 is 1.56 bits per heavy atom. The summed E-state index contributed by atoms with van der Waals surface area (Å²) in [5.41, 5.74) is -0.145. The van der Waals surface area contributed by atoms with Gasteiger partial charge in [-0.3, -0.25) is 14.9 Å². The first-order valence-electron chi connectivity index (χ1n) is 5.56. The van der Waals surface area contributed by atoms with E-state index in [9.17, 15) is 14.9 Å². The number of nitro benzene ring substituents is 1. The molecular weight excluding hydrogens is 256 g/mol. The molecule has 1 aliphatic rings. The van der Waals surface area contributed by atoms with Gasteiger partial charge in [0.25, 0.3) is 11.6 Å². The number of rotatable bonds is 3. The Kier molecular flexibility index (Phi) is 3.02. The van der Waals surface area contributed by atoms with E-state index in [4.69, 9.17) is 11.6 Å². The molecule has 0 saturated heterocycles. The Morgan fingerprint density at radius 2 is 2.17 bits per heavy atom. The van der Waals surface area contributed by atoms with Gasteiger partial charge in [0.15, 0.2) is 0 Å². The number of hydrogen-bond acceptors (Lipinski definition) is 3. The van der Waals surface area contributed by atoms with Gasteiger partial charge in [-0.1, -0.05) is 25.4 Å². The lowest BCUT2D eigenvalue weighted by atomic mass is 10.1. The maximum Gasteiger partial charge on any atom is 0.282 e. The molecule has 0 heterocycles. The van der Waals surface area contributed by atoms with Gasteiger partial charge in [0.05, 0.1) is 4.92 Å². The van der Waals surface area contributed by atoms with Crippen LogP contribution in [0.1, 0.15) is 30.6 Å². The summed E-state index contributed by atoms with van der Waals surface area (Å²) in [5.74, 6) is -0.445. The van der Waals surface area contributed by atoms with Crippen molar-refractivity contribution in [2.45, 2.75) is 26.3 Å². The van der Waals surface area contributed by atoms with Gasteiger partial charge in [-0.2, -0.15) is 0 Å². The van der Waals surface area contributed by atoms with Crippen molar-refractivity contribution in [3.63, 3.8) is 0 Å². The molecule has 0 spiro atoms. The van der Waals surface area contributed by atoms with Gasteiger partial charge >= 0.3 is 0 Å². The number of carbonyl (C=O) groups is 1. The van der Waals surface area contributed by atoms with Crippen LogP contribution in [0.2, 0.25) is 5.02 Å². The minimum atomic E-state index is -0.580. The largest absolute Gasteiger partial charge is 0.349 e. The Bertz CT molecular complexity index is 528. The van der Waals surface area contributed by atoms with E-state index in [0.717, 1.165) is 6.42 Å². The van der Waals surface area contributed by atoms with Crippen molar-refractivity contribution in [3.8, 4) is 0 Å². The minimum absolute atomic E-state index is 0.00944. The predicted octanol–water partition coefficient (Wildman–Crippen LogP) is 2.78. The summed E-state index contributed by atoms with van der Waals surface area (Å²) in [7, 11) is 0. The summed E-state index contributed by atoms with van der Waals surface area (Å²) in [4.78, 5) is 22.3. The zero-order valence-corrected chi connectivity index (χ0v) is 10.8. The average Bonchev–Trinajstić information content (AvgIpc) is 2.85. The van der Waals surface area contributed by atoms with Crippen molar-refractivity contribution < 1.29 is 9.72 Å². The van der Waals surface area contributed by atoms with Crippen LogP contribution in [0, 0.1) is 15.5 Å². The number of benzene rings is 1. The Hall–Kier alpha value is -1.62. The molecule has 1 aromatic carbocycles. The maximum absolute atomic E-state index is 12.0. The van der Waals surface area contributed by atoms with Crippen molar-refractivity contribution >= 4 is 23.2 Å². The first kappa shape index (κ1) is 12.8. The van der Waals surface area contributed by atoms with Crippen LogP contribution in [-0.4, -0.2) is 16.9 Å². The van der Waals surface area contributed by atoms with Crippen LogP contribution in [0.5, 0.6) is 0 Å². The molecule has 1 atom stereocenters. The van der Waals surface area contributed by atoms with Crippen molar-refractivity contribution in [2.75, 3.05) is 0 Å². The van der Waals surface area contributed by atoms with Gasteiger partial charge in [0.2, 0.25) is 0 Å². The zero-order chi connectivity index (χ0) is 13.5. The summed E-state index contributed by atoms with van der Waals surface area (Å²) < 4.78 is 0. The first-order valence-corrected chi connectivity index (χ1v) is 5.94. The van der Waals surface area contributed by atoms with Gasteiger partial charge < -0.3 is 5.32 Å². The number of nitro groups is 1. The van der Waals surface area contributed by atoms with Crippen LogP contribution in [0.25, 0.3) is 0 Å². The summed E-state index contributed by atoms with van der Waals surface area (Å²) >= 11 is 5.77. The molecule has 0 aliphatic heterocycles. The lowest BCUT2D eigenvalue weighted by molar-refractivity contribution is -0.385. The van der Waals surface area contributed by atoms with E-state index in [0.29, 0.717) is 5.02 Å². The van der Waals surface area contributed by atoms with E-state index in [2.05, 4.69) is 5.32 Å². The predicted molar refractivity (Wildman–Crippen MR) is 67.8 cm³/mol. The fourth-order valence-corrected chi connectivity index (χ4v) is 1.97. The average molecular weight is 269 g/mol. The third kappa shape index (κ3) is 2.46. The SMILES string of the molecule is CC1(C)CC1NC(=O)c1cc(Cl)ccc1[N+](=O)[O-]. The number of carbonyl (C=O) groups excluding carboxylic acids is 1. The van der Waals surface area contributed by atoms with Gasteiger partial charge in [0, 0.05) is 17.1 Å². The fraction of sp³-hybridized carbons (Fsp3) is 0.417. The van der Waals surface area contributed by atoms with Crippen LogP contribution >= 0.6 is 11.6 Å². The van der Waals surface area contributed by atoms with Crippen molar-refractivity contribution in [1.29, 1.82) is 0 Å². The van der Waals surface area contributed by atoms with Crippen LogP contribution in [0.3, 0.4) is 0 Å². The van der Waals surface area contributed by atoms with E-state index in [1.165, 1.54) is 18.2 Å². The monoisotopic (exact) mass is 268 g/mol. The molecule has 0 bridgehead atoms. The first-order chi connectivity index (χ1) is 8.31. The summed E-state index contributed by atoms with van der Waals surface area (Å²) in [6, 6.07) is 4.04. The van der Waals surface area contributed by atoms with E-state index >= 15 is 0 Å². The fourth-order valence-electron chi connectivity index (χ4n) is 1.80. The van der Waals surface area contributed by atoms with Crippen LogP contribution in [0.4, 0.5) is 5.69 Å².